The number of aryl methyl sites for hydroxylation is 1. The normalized spacial score (nSPS) is 11.8. The second kappa shape index (κ2) is 8.42. The number of halogens is 1. The molecule has 2 N–H and O–H groups in total. The molecule has 2 rings (SSSR count). The number of guanidine groups is 1. The molecule has 1 aromatic heterocycles. The second-order valence-corrected chi connectivity index (χ2v) is 5.89. The van der Waals surface area contributed by atoms with Crippen LogP contribution in [-0.4, -0.2) is 29.7 Å². The Morgan fingerprint density at radius 2 is 2.12 bits per heavy atom. The first-order valence-corrected chi connectivity index (χ1v) is 8.01. The SMILES string of the molecule is CN=C(NCCc1nc(C(C)C)no1)NCc1ccc(F)c(C)c1. The van der Waals surface area contributed by atoms with E-state index in [0.717, 1.165) is 11.4 Å². The summed E-state index contributed by atoms with van der Waals surface area (Å²) in [5.74, 6) is 2.06. The molecule has 0 amide bonds. The molecule has 24 heavy (non-hydrogen) atoms. The third kappa shape index (κ3) is 5.04. The van der Waals surface area contributed by atoms with E-state index in [1.807, 2.05) is 19.9 Å². The van der Waals surface area contributed by atoms with Crippen molar-refractivity contribution in [2.45, 2.75) is 39.7 Å². The lowest BCUT2D eigenvalue weighted by Crippen LogP contribution is -2.37. The summed E-state index contributed by atoms with van der Waals surface area (Å²) < 4.78 is 18.5. The highest BCUT2D eigenvalue weighted by Gasteiger charge is 2.09. The number of hydrogen-bond donors (Lipinski definition) is 2. The molecule has 7 heteroatoms. The fraction of sp³-hybridized carbons (Fsp3) is 0.471. The number of benzene rings is 1. The summed E-state index contributed by atoms with van der Waals surface area (Å²) in [5.41, 5.74) is 1.63. The lowest BCUT2D eigenvalue weighted by molar-refractivity contribution is 0.371. The van der Waals surface area contributed by atoms with Crippen LogP contribution in [0.5, 0.6) is 0 Å². The molecule has 0 fully saturated rings. The Bertz CT molecular complexity index is 696. The second-order valence-electron chi connectivity index (χ2n) is 5.89. The summed E-state index contributed by atoms with van der Waals surface area (Å²) in [4.78, 5) is 8.49. The molecule has 0 aliphatic carbocycles. The van der Waals surface area contributed by atoms with Crippen LogP contribution in [0.4, 0.5) is 4.39 Å². The van der Waals surface area contributed by atoms with E-state index in [0.29, 0.717) is 36.9 Å². The van der Waals surface area contributed by atoms with E-state index in [1.54, 1.807) is 20.0 Å². The first kappa shape index (κ1) is 17.9. The largest absolute Gasteiger partial charge is 0.356 e. The van der Waals surface area contributed by atoms with E-state index in [9.17, 15) is 4.39 Å². The van der Waals surface area contributed by atoms with Gasteiger partial charge in [0.25, 0.3) is 0 Å². The molecule has 0 saturated carbocycles. The van der Waals surface area contributed by atoms with Gasteiger partial charge in [-0.2, -0.15) is 4.98 Å². The molecule has 1 aromatic carbocycles. The van der Waals surface area contributed by atoms with Crippen LogP contribution in [0.1, 0.15) is 42.6 Å². The third-order valence-electron chi connectivity index (χ3n) is 3.54. The topological polar surface area (TPSA) is 75.3 Å². The molecule has 1 heterocycles. The summed E-state index contributed by atoms with van der Waals surface area (Å²) in [6.45, 7) is 6.99. The van der Waals surface area contributed by atoms with Crippen LogP contribution in [-0.2, 0) is 13.0 Å². The van der Waals surface area contributed by atoms with E-state index in [4.69, 9.17) is 4.52 Å². The summed E-state index contributed by atoms with van der Waals surface area (Å²) in [5, 5.41) is 10.3. The quantitative estimate of drug-likeness (QED) is 0.628. The molecule has 0 unspecified atom stereocenters. The Hall–Kier alpha value is -2.44. The third-order valence-corrected chi connectivity index (χ3v) is 3.54. The number of nitrogens with one attached hydrogen (secondary N) is 2. The zero-order valence-corrected chi connectivity index (χ0v) is 14.6. The summed E-state index contributed by atoms with van der Waals surface area (Å²) in [7, 11) is 1.70. The zero-order valence-electron chi connectivity index (χ0n) is 14.6. The van der Waals surface area contributed by atoms with Gasteiger partial charge in [-0.1, -0.05) is 31.1 Å². The van der Waals surface area contributed by atoms with E-state index >= 15 is 0 Å². The first-order valence-electron chi connectivity index (χ1n) is 8.01. The fourth-order valence-electron chi connectivity index (χ4n) is 2.12. The van der Waals surface area contributed by atoms with Gasteiger partial charge in [0.1, 0.15) is 5.82 Å². The van der Waals surface area contributed by atoms with E-state index in [2.05, 4.69) is 25.8 Å². The van der Waals surface area contributed by atoms with Crippen molar-refractivity contribution >= 4 is 5.96 Å². The maximum Gasteiger partial charge on any atom is 0.228 e. The predicted octanol–water partition coefficient (Wildman–Crippen LogP) is 2.55. The van der Waals surface area contributed by atoms with Gasteiger partial charge in [-0.15, -0.1) is 0 Å². The van der Waals surface area contributed by atoms with Crippen molar-refractivity contribution < 1.29 is 8.91 Å². The maximum atomic E-state index is 13.3. The number of nitrogens with zero attached hydrogens (tertiary/aromatic N) is 3. The van der Waals surface area contributed by atoms with Gasteiger partial charge < -0.3 is 15.2 Å². The molecule has 130 valence electrons. The smallest absolute Gasteiger partial charge is 0.228 e. The van der Waals surface area contributed by atoms with Gasteiger partial charge in [0.05, 0.1) is 0 Å². The molecule has 0 aliphatic rings. The minimum Gasteiger partial charge on any atom is -0.356 e. The Balaban J connectivity index is 1.78. The summed E-state index contributed by atoms with van der Waals surface area (Å²) in [6, 6.07) is 5.06. The Morgan fingerprint density at radius 1 is 1.33 bits per heavy atom. The molecule has 0 bridgehead atoms. The van der Waals surface area contributed by atoms with E-state index in [1.165, 1.54) is 6.07 Å². The highest BCUT2D eigenvalue weighted by Crippen LogP contribution is 2.10. The van der Waals surface area contributed by atoms with Crippen LogP contribution in [0.2, 0.25) is 0 Å². The van der Waals surface area contributed by atoms with Crippen LogP contribution >= 0.6 is 0 Å². The Morgan fingerprint density at radius 3 is 2.75 bits per heavy atom. The Labute approximate surface area is 141 Å². The zero-order chi connectivity index (χ0) is 17.5. The predicted molar refractivity (Wildman–Crippen MR) is 91.4 cm³/mol. The van der Waals surface area contributed by atoms with Gasteiger partial charge in [-0.3, -0.25) is 4.99 Å². The van der Waals surface area contributed by atoms with Gasteiger partial charge in [-0.25, -0.2) is 4.39 Å². The molecule has 0 atom stereocenters. The molecular weight excluding hydrogens is 309 g/mol. The van der Waals surface area contributed by atoms with Crippen molar-refractivity contribution in [2.75, 3.05) is 13.6 Å². The van der Waals surface area contributed by atoms with Gasteiger partial charge >= 0.3 is 0 Å². The molecular formula is C17H24FN5O. The summed E-state index contributed by atoms with van der Waals surface area (Å²) >= 11 is 0. The fourth-order valence-corrected chi connectivity index (χ4v) is 2.12. The van der Waals surface area contributed by atoms with Crippen LogP contribution in [0.25, 0.3) is 0 Å². The first-order chi connectivity index (χ1) is 11.5. The van der Waals surface area contributed by atoms with E-state index in [-0.39, 0.29) is 11.7 Å². The number of aromatic nitrogens is 2. The maximum absolute atomic E-state index is 13.3. The number of aliphatic imine (C=N–C) groups is 1. The van der Waals surface area contributed by atoms with E-state index < -0.39 is 0 Å². The van der Waals surface area contributed by atoms with Crippen LogP contribution in [0, 0.1) is 12.7 Å². The van der Waals surface area contributed by atoms with Crippen molar-refractivity contribution in [1.29, 1.82) is 0 Å². The van der Waals surface area contributed by atoms with Gasteiger partial charge in [-0.05, 0) is 24.1 Å². The molecule has 2 aromatic rings. The van der Waals surface area contributed by atoms with Crippen LogP contribution in [0.15, 0.2) is 27.7 Å². The van der Waals surface area contributed by atoms with Crippen molar-refractivity contribution in [1.82, 2.24) is 20.8 Å². The van der Waals surface area contributed by atoms with Crippen LogP contribution in [0.3, 0.4) is 0 Å². The molecule has 0 aliphatic heterocycles. The van der Waals surface area contributed by atoms with Gasteiger partial charge in [0.2, 0.25) is 5.89 Å². The standard InChI is InChI=1S/C17H24FN5O/c1-11(2)16-22-15(24-23-16)7-8-20-17(19-4)21-10-13-5-6-14(18)12(3)9-13/h5-6,9,11H,7-8,10H2,1-4H3,(H2,19,20,21). The average molecular weight is 333 g/mol. The minimum atomic E-state index is -0.193. The monoisotopic (exact) mass is 333 g/mol. The lowest BCUT2D eigenvalue weighted by Gasteiger charge is -2.11. The number of rotatable bonds is 6. The Kier molecular flexibility index (Phi) is 6.28. The van der Waals surface area contributed by atoms with Gasteiger partial charge in [0.15, 0.2) is 11.8 Å². The molecule has 6 nitrogen and oxygen atoms in total. The summed E-state index contributed by atoms with van der Waals surface area (Å²) in [6.07, 6.45) is 0.621. The number of hydrogen-bond acceptors (Lipinski definition) is 4. The highest BCUT2D eigenvalue weighted by molar-refractivity contribution is 5.79. The van der Waals surface area contributed by atoms with Crippen molar-refractivity contribution in [3.63, 3.8) is 0 Å². The minimum absolute atomic E-state index is 0.193. The van der Waals surface area contributed by atoms with Gasteiger partial charge in [0, 0.05) is 32.5 Å². The van der Waals surface area contributed by atoms with Crippen molar-refractivity contribution in [2.24, 2.45) is 4.99 Å². The lowest BCUT2D eigenvalue weighted by atomic mass is 10.1. The average Bonchev–Trinajstić information content (AvgIpc) is 3.03. The molecule has 0 spiro atoms. The highest BCUT2D eigenvalue weighted by atomic mass is 19.1. The van der Waals surface area contributed by atoms with Crippen molar-refractivity contribution in [3.05, 3.63) is 46.9 Å². The molecule has 0 saturated heterocycles. The van der Waals surface area contributed by atoms with Crippen LogP contribution < -0.4 is 10.6 Å². The van der Waals surface area contributed by atoms with Crippen molar-refractivity contribution in [3.8, 4) is 0 Å². The molecule has 0 radical (unpaired) electrons.